The second-order valence-corrected chi connectivity index (χ2v) is 9.50. The summed E-state index contributed by atoms with van der Waals surface area (Å²) >= 11 is 1.56. The highest BCUT2D eigenvalue weighted by Gasteiger charge is 2.24. The normalized spacial score (nSPS) is 12.9. The first-order valence-electron chi connectivity index (χ1n) is 8.39. The molecule has 5 nitrogen and oxygen atoms in total. The molecule has 0 bridgehead atoms. The number of nitrogens with zero attached hydrogens (tertiary/aromatic N) is 5. The Kier molecular flexibility index (Phi) is 5.09. The Labute approximate surface area is 149 Å². The summed E-state index contributed by atoms with van der Waals surface area (Å²) in [5.74, 6) is 1.79. The van der Waals surface area contributed by atoms with Gasteiger partial charge in [-0.1, -0.05) is 41.5 Å². The van der Waals surface area contributed by atoms with Crippen LogP contribution in [0.4, 0.5) is 0 Å². The molecular formula is C18H29N5S. The number of hydrogen-bond acceptors (Lipinski definition) is 5. The molecule has 0 N–H and O–H groups in total. The highest BCUT2D eigenvalue weighted by atomic mass is 32.2. The molecule has 0 unspecified atom stereocenters. The smallest absolute Gasteiger partial charge is 0.197 e. The molecule has 2 heterocycles. The van der Waals surface area contributed by atoms with Crippen molar-refractivity contribution < 1.29 is 0 Å². The molecule has 0 aromatic carbocycles. The van der Waals surface area contributed by atoms with E-state index in [0.29, 0.717) is 6.04 Å². The SMILES string of the molecule is Cc1nnc(Sc2cc(C(C)(C)C)nc(C(C)(C)C)n2)n1C(C)C. The van der Waals surface area contributed by atoms with E-state index in [1.165, 1.54) is 0 Å². The average molecular weight is 348 g/mol. The standard InChI is InChI=1S/C18H29N5S/c1-11(2)23-12(3)21-22-16(23)24-14-10-13(17(4,5)6)19-15(20-14)18(7,8)9/h10-11H,1-9H3. The first kappa shape index (κ1) is 18.9. The zero-order valence-electron chi connectivity index (χ0n) is 16.3. The molecule has 0 atom stereocenters. The minimum Gasteiger partial charge on any atom is -0.303 e. The van der Waals surface area contributed by atoms with Crippen LogP contribution in [-0.4, -0.2) is 24.7 Å². The van der Waals surface area contributed by atoms with Crippen LogP contribution in [0.1, 0.15) is 78.8 Å². The lowest BCUT2D eigenvalue weighted by atomic mass is 9.90. The molecule has 2 aromatic rings. The number of aryl methyl sites for hydroxylation is 1. The van der Waals surface area contributed by atoms with Crippen LogP contribution in [-0.2, 0) is 10.8 Å². The highest BCUT2D eigenvalue weighted by Crippen LogP contribution is 2.32. The molecule has 0 spiro atoms. The molecular weight excluding hydrogens is 318 g/mol. The lowest BCUT2D eigenvalue weighted by molar-refractivity contribution is 0.505. The van der Waals surface area contributed by atoms with Gasteiger partial charge in [-0.25, -0.2) is 9.97 Å². The van der Waals surface area contributed by atoms with Gasteiger partial charge in [-0.15, -0.1) is 10.2 Å². The van der Waals surface area contributed by atoms with E-state index >= 15 is 0 Å². The van der Waals surface area contributed by atoms with Gasteiger partial charge in [0, 0.05) is 16.9 Å². The van der Waals surface area contributed by atoms with Crippen LogP contribution in [0.5, 0.6) is 0 Å². The van der Waals surface area contributed by atoms with Crippen LogP contribution < -0.4 is 0 Å². The Balaban J connectivity index is 2.51. The van der Waals surface area contributed by atoms with Gasteiger partial charge in [0.25, 0.3) is 0 Å². The summed E-state index contributed by atoms with van der Waals surface area (Å²) in [6.45, 7) is 19.2. The van der Waals surface area contributed by atoms with Crippen LogP contribution in [0.2, 0.25) is 0 Å². The first-order valence-corrected chi connectivity index (χ1v) is 9.20. The number of rotatable bonds is 3. The summed E-state index contributed by atoms with van der Waals surface area (Å²) in [5, 5.41) is 10.4. The van der Waals surface area contributed by atoms with Crippen molar-refractivity contribution in [2.24, 2.45) is 0 Å². The molecule has 6 heteroatoms. The lowest BCUT2D eigenvalue weighted by Crippen LogP contribution is -2.22. The van der Waals surface area contributed by atoms with Crippen molar-refractivity contribution in [3.05, 3.63) is 23.4 Å². The number of aromatic nitrogens is 5. The third kappa shape index (κ3) is 4.15. The maximum atomic E-state index is 4.81. The van der Waals surface area contributed by atoms with Crippen LogP contribution in [0.25, 0.3) is 0 Å². The van der Waals surface area contributed by atoms with Crippen LogP contribution in [0.3, 0.4) is 0 Å². The van der Waals surface area contributed by atoms with Crippen LogP contribution in [0, 0.1) is 6.92 Å². The Hall–Kier alpha value is -1.43. The van der Waals surface area contributed by atoms with Gasteiger partial charge in [0.05, 0.1) is 5.69 Å². The fraction of sp³-hybridized carbons (Fsp3) is 0.667. The molecule has 0 saturated carbocycles. The molecule has 24 heavy (non-hydrogen) atoms. The minimum absolute atomic E-state index is 0.0279. The summed E-state index contributed by atoms with van der Waals surface area (Å²) in [6, 6.07) is 2.39. The molecule has 0 saturated heterocycles. The van der Waals surface area contributed by atoms with Crippen LogP contribution in [0.15, 0.2) is 16.2 Å². The fourth-order valence-corrected chi connectivity index (χ4v) is 3.32. The summed E-state index contributed by atoms with van der Waals surface area (Å²) in [5.41, 5.74) is 0.926. The lowest BCUT2D eigenvalue weighted by Gasteiger charge is -2.23. The molecule has 0 amide bonds. The fourth-order valence-electron chi connectivity index (χ4n) is 2.30. The van der Waals surface area contributed by atoms with Gasteiger partial charge in [0.2, 0.25) is 0 Å². The van der Waals surface area contributed by atoms with Crippen molar-refractivity contribution in [3.8, 4) is 0 Å². The van der Waals surface area contributed by atoms with Gasteiger partial charge < -0.3 is 4.57 Å². The van der Waals surface area contributed by atoms with Gasteiger partial charge in [-0.05, 0) is 38.6 Å². The van der Waals surface area contributed by atoms with E-state index in [0.717, 1.165) is 27.5 Å². The second kappa shape index (κ2) is 6.47. The van der Waals surface area contributed by atoms with Crippen molar-refractivity contribution >= 4 is 11.8 Å². The predicted molar refractivity (Wildman–Crippen MR) is 98.7 cm³/mol. The molecule has 0 aliphatic rings. The van der Waals surface area contributed by atoms with Crippen molar-refractivity contribution in [3.63, 3.8) is 0 Å². The summed E-state index contributed by atoms with van der Waals surface area (Å²) < 4.78 is 2.14. The predicted octanol–water partition coefficient (Wildman–Crippen LogP) is 4.70. The number of hydrogen-bond donors (Lipinski definition) is 0. The third-order valence-corrected chi connectivity index (χ3v) is 4.57. The topological polar surface area (TPSA) is 56.5 Å². The van der Waals surface area contributed by atoms with Crippen molar-refractivity contribution in [2.75, 3.05) is 0 Å². The molecule has 2 rings (SSSR count). The van der Waals surface area contributed by atoms with E-state index < -0.39 is 0 Å². The molecule has 0 aliphatic carbocycles. The molecule has 0 aliphatic heterocycles. The molecule has 132 valence electrons. The Morgan fingerprint density at radius 2 is 1.58 bits per heavy atom. The van der Waals surface area contributed by atoms with Crippen LogP contribution >= 0.6 is 11.8 Å². The zero-order chi connectivity index (χ0) is 18.3. The van der Waals surface area contributed by atoms with E-state index in [4.69, 9.17) is 9.97 Å². The van der Waals surface area contributed by atoms with Gasteiger partial charge in [-0.3, -0.25) is 0 Å². The highest BCUT2D eigenvalue weighted by molar-refractivity contribution is 7.99. The minimum atomic E-state index is -0.0990. The van der Waals surface area contributed by atoms with Gasteiger partial charge >= 0.3 is 0 Å². The summed E-state index contributed by atoms with van der Waals surface area (Å²) in [4.78, 5) is 9.61. The van der Waals surface area contributed by atoms with E-state index in [9.17, 15) is 0 Å². The first-order chi connectivity index (χ1) is 10.9. The monoisotopic (exact) mass is 347 g/mol. The van der Waals surface area contributed by atoms with Gasteiger partial charge in [0.15, 0.2) is 5.16 Å². The van der Waals surface area contributed by atoms with E-state index in [2.05, 4.69) is 76.2 Å². The quantitative estimate of drug-likeness (QED) is 0.753. The third-order valence-electron chi connectivity index (χ3n) is 3.69. The largest absolute Gasteiger partial charge is 0.303 e. The molecule has 0 radical (unpaired) electrons. The molecule has 2 aromatic heterocycles. The Morgan fingerprint density at radius 3 is 2.08 bits per heavy atom. The van der Waals surface area contributed by atoms with Crippen molar-refractivity contribution in [1.29, 1.82) is 0 Å². The second-order valence-electron chi connectivity index (χ2n) is 8.51. The van der Waals surface area contributed by atoms with Crippen molar-refractivity contribution in [1.82, 2.24) is 24.7 Å². The van der Waals surface area contributed by atoms with E-state index in [1.54, 1.807) is 11.8 Å². The maximum absolute atomic E-state index is 4.81. The zero-order valence-corrected chi connectivity index (χ0v) is 17.1. The average Bonchev–Trinajstić information content (AvgIpc) is 2.77. The Morgan fingerprint density at radius 1 is 0.958 bits per heavy atom. The summed E-state index contributed by atoms with van der Waals surface area (Å²) in [6.07, 6.45) is 0. The van der Waals surface area contributed by atoms with Gasteiger partial charge in [-0.2, -0.15) is 0 Å². The van der Waals surface area contributed by atoms with Gasteiger partial charge in [0.1, 0.15) is 16.7 Å². The maximum Gasteiger partial charge on any atom is 0.197 e. The molecule has 0 fully saturated rings. The summed E-state index contributed by atoms with van der Waals surface area (Å²) in [7, 11) is 0. The van der Waals surface area contributed by atoms with E-state index in [-0.39, 0.29) is 10.8 Å². The van der Waals surface area contributed by atoms with E-state index in [1.807, 2.05) is 6.92 Å². The van der Waals surface area contributed by atoms with Crippen molar-refractivity contribution in [2.45, 2.75) is 89.4 Å². The Bertz CT molecular complexity index is 688.